The lowest BCUT2D eigenvalue weighted by molar-refractivity contribution is -0.125. The van der Waals surface area contributed by atoms with Gasteiger partial charge in [-0.1, -0.05) is 19.9 Å². The standard InChI is InChI=1S/C20H24N4O2/c1-12(2)14-5-7-17-16(10-14)15-6-8-18(21)23-20(15)24(17)13(3)4-9-19(26)22-11-25/h5-8,10-13H,4,9H2,1-3H3,(H2,21,23)(H,22,25,26). The number of hydrogen-bond donors (Lipinski definition) is 2. The Morgan fingerprint density at radius 2 is 2.00 bits per heavy atom. The van der Waals surface area contributed by atoms with Crippen LogP contribution < -0.4 is 11.1 Å². The minimum absolute atomic E-state index is 0.0339. The second kappa shape index (κ2) is 7.15. The van der Waals surface area contributed by atoms with E-state index in [1.54, 1.807) is 0 Å². The van der Waals surface area contributed by atoms with Crippen molar-refractivity contribution >= 4 is 40.1 Å². The summed E-state index contributed by atoms with van der Waals surface area (Å²) in [6.07, 6.45) is 1.29. The summed E-state index contributed by atoms with van der Waals surface area (Å²) in [5.41, 5.74) is 9.10. The first-order chi connectivity index (χ1) is 12.4. The first-order valence-corrected chi connectivity index (χ1v) is 8.85. The molecule has 3 rings (SSSR count). The number of amides is 2. The quantitative estimate of drug-likeness (QED) is 0.664. The van der Waals surface area contributed by atoms with E-state index in [0.29, 0.717) is 24.6 Å². The Hall–Kier alpha value is -2.89. The lowest BCUT2D eigenvalue weighted by Gasteiger charge is -2.16. The molecule has 3 aromatic rings. The molecule has 0 bridgehead atoms. The molecule has 0 aliphatic heterocycles. The Bertz CT molecular complexity index is 975. The van der Waals surface area contributed by atoms with Gasteiger partial charge in [0, 0.05) is 23.2 Å². The Morgan fingerprint density at radius 3 is 2.69 bits per heavy atom. The van der Waals surface area contributed by atoms with Crippen molar-refractivity contribution in [2.24, 2.45) is 0 Å². The molecule has 0 aliphatic rings. The molecular weight excluding hydrogens is 328 g/mol. The lowest BCUT2D eigenvalue weighted by atomic mass is 10.0. The normalized spacial score (nSPS) is 12.6. The summed E-state index contributed by atoms with van der Waals surface area (Å²) >= 11 is 0. The number of nitrogens with zero attached hydrogens (tertiary/aromatic N) is 2. The second-order valence-corrected chi connectivity index (χ2v) is 6.98. The van der Waals surface area contributed by atoms with Crippen LogP contribution in [0.3, 0.4) is 0 Å². The minimum atomic E-state index is -0.276. The molecule has 1 atom stereocenters. The number of fused-ring (bicyclic) bond motifs is 3. The molecule has 6 heteroatoms. The predicted molar refractivity (Wildman–Crippen MR) is 104 cm³/mol. The first kappa shape index (κ1) is 17.9. The van der Waals surface area contributed by atoms with Crippen LogP contribution in [-0.4, -0.2) is 21.9 Å². The molecule has 1 unspecified atom stereocenters. The van der Waals surface area contributed by atoms with Crippen LogP contribution >= 0.6 is 0 Å². The molecule has 0 radical (unpaired) electrons. The number of nitrogens with one attached hydrogen (secondary N) is 1. The highest BCUT2D eigenvalue weighted by Crippen LogP contribution is 2.34. The van der Waals surface area contributed by atoms with Crippen molar-refractivity contribution < 1.29 is 9.59 Å². The van der Waals surface area contributed by atoms with Gasteiger partial charge in [-0.3, -0.25) is 14.9 Å². The number of hydrogen-bond acceptors (Lipinski definition) is 4. The van der Waals surface area contributed by atoms with E-state index in [0.717, 1.165) is 21.9 Å². The van der Waals surface area contributed by atoms with E-state index in [-0.39, 0.29) is 18.4 Å². The fourth-order valence-electron chi connectivity index (χ4n) is 3.36. The van der Waals surface area contributed by atoms with Crippen LogP contribution in [0.1, 0.15) is 51.1 Å². The van der Waals surface area contributed by atoms with E-state index in [2.05, 4.69) is 46.9 Å². The highest BCUT2D eigenvalue weighted by molar-refractivity contribution is 6.07. The largest absolute Gasteiger partial charge is 0.384 e. The summed E-state index contributed by atoms with van der Waals surface area (Å²) in [7, 11) is 0. The first-order valence-electron chi connectivity index (χ1n) is 8.85. The third-order valence-electron chi connectivity index (χ3n) is 4.81. The Balaban J connectivity index is 2.11. The minimum Gasteiger partial charge on any atom is -0.384 e. The number of imide groups is 1. The zero-order chi connectivity index (χ0) is 18.8. The van der Waals surface area contributed by atoms with E-state index in [4.69, 9.17) is 5.73 Å². The van der Waals surface area contributed by atoms with Gasteiger partial charge in [-0.2, -0.15) is 0 Å². The molecule has 6 nitrogen and oxygen atoms in total. The molecule has 3 N–H and O–H groups in total. The van der Waals surface area contributed by atoms with E-state index in [9.17, 15) is 9.59 Å². The maximum Gasteiger partial charge on any atom is 0.226 e. The number of aromatic nitrogens is 2. The van der Waals surface area contributed by atoms with Gasteiger partial charge in [0.2, 0.25) is 12.3 Å². The van der Waals surface area contributed by atoms with Crippen LogP contribution in [0, 0.1) is 0 Å². The molecule has 2 amide bonds. The maximum atomic E-state index is 11.6. The second-order valence-electron chi connectivity index (χ2n) is 6.98. The van der Waals surface area contributed by atoms with Gasteiger partial charge in [0.15, 0.2) is 0 Å². The highest BCUT2D eigenvalue weighted by Gasteiger charge is 2.18. The van der Waals surface area contributed by atoms with Crippen molar-refractivity contribution in [1.29, 1.82) is 0 Å². The van der Waals surface area contributed by atoms with Gasteiger partial charge in [0.25, 0.3) is 0 Å². The third kappa shape index (κ3) is 3.27. The monoisotopic (exact) mass is 352 g/mol. The van der Waals surface area contributed by atoms with Crippen LogP contribution in [0.4, 0.5) is 5.82 Å². The van der Waals surface area contributed by atoms with Gasteiger partial charge in [-0.25, -0.2) is 4.98 Å². The van der Waals surface area contributed by atoms with Gasteiger partial charge >= 0.3 is 0 Å². The Labute approximate surface area is 152 Å². The van der Waals surface area contributed by atoms with Crippen LogP contribution in [0.15, 0.2) is 30.3 Å². The molecule has 0 saturated heterocycles. The fraction of sp³-hybridized carbons (Fsp3) is 0.350. The molecule has 0 fully saturated rings. The Kier molecular flexibility index (Phi) is 4.93. The van der Waals surface area contributed by atoms with Crippen molar-refractivity contribution in [2.45, 2.75) is 45.6 Å². The predicted octanol–water partition coefficient (Wildman–Crippen LogP) is 3.51. The van der Waals surface area contributed by atoms with Crippen LogP contribution in [0.2, 0.25) is 0 Å². The number of nitrogen functional groups attached to an aromatic ring is 1. The number of benzene rings is 1. The van der Waals surface area contributed by atoms with E-state index in [1.165, 1.54) is 5.56 Å². The smallest absolute Gasteiger partial charge is 0.226 e. The zero-order valence-corrected chi connectivity index (χ0v) is 15.3. The van der Waals surface area contributed by atoms with Gasteiger partial charge in [0.1, 0.15) is 11.5 Å². The molecule has 0 spiro atoms. The van der Waals surface area contributed by atoms with Gasteiger partial charge < -0.3 is 10.3 Å². The average Bonchev–Trinajstić information content (AvgIpc) is 2.92. The molecule has 2 heterocycles. The molecule has 0 aliphatic carbocycles. The summed E-state index contributed by atoms with van der Waals surface area (Å²) < 4.78 is 2.14. The number of anilines is 1. The van der Waals surface area contributed by atoms with Gasteiger partial charge in [-0.05, 0) is 49.1 Å². The van der Waals surface area contributed by atoms with Crippen LogP contribution in [-0.2, 0) is 9.59 Å². The van der Waals surface area contributed by atoms with Crippen LogP contribution in [0.5, 0.6) is 0 Å². The zero-order valence-electron chi connectivity index (χ0n) is 15.3. The van der Waals surface area contributed by atoms with Crippen molar-refractivity contribution in [3.05, 3.63) is 35.9 Å². The van der Waals surface area contributed by atoms with Crippen molar-refractivity contribution in [3.8, 4) is 0 Å². The molecule has 1 aromatic carbocycles. The summed E-state index contributed by atoms with van der Waals surface area (Å²) in [6, 6.07) is 10.3. The molecular formula is C20H24N4O2. The van der Waals surface area contributed by atoms with Crippen molar-refractivity contribution in [1.82, 2.24) is 14.9 Å². The van der Waals surface area contributed by atoms with E-state index < -0.39 is 0 Å². The number of carbonyl (C=O) groups is 2. The van der Waals surface area contributed by atoms with Gasteiger partial charge in [-0.15, -0.1) is 0 Å². The SMILES string of the molecule is CC(C)c1ccc2c(c1)c1ccc(N)nc1n2C(C)CCC(=O)NC=O. The summed E-state index contributed by atoms with van der Waals surface area (Å²) in [5, 5.41) is 4.38. The number of rotatable bonds is 6. The highest BCUT2D eigenvalue weighted by atomic mass is 16.2. The molecule has 2 aromatic heterocycles. The summed E-state index contributed by atoms with van der Waals surface area (Å²) in [4.78, 5) is 26.6. The van der Waals surface area contributed by atoms with Crippen molar-refractivity contribution in [2.75, 3.05) is 5.73 Å². The molecule has 0 saturated carbocycles. The van der Waals surface area contributed by atoms with E-state index >= 15 is 0 Å². The number of carbonyl (C=O) groups excluding carboxylic acids is 2. The molecule has 26 heavy (non-hydrogen) atoms. The number of nitrogens with two attached hydrogens (primary N) is 1. The van der Waals surface area contributed by atoms with E-state index in [1.807, 2.05) is 19.1 Å². The average molecular weight is 352 g/mol. The Morgan fingerprint density at radius 1 is 1.23 bits per heavy atom. The van der Waals surface area contributed by atoms with Gasteiger partial charge in [0.05, 0.1) is 5.52 Å². The van der Waals surface area contributed by atoms with Crippen LogP contribution in [0.25, 0.3) is 21.9 Å². The van der Waals surface area contributed by atoms with Crippen molar-refractivity contribution in [3.63, 3.8) is 0 Å². The third-order valence-corrected chi connectivity index (χ3v) is 4.81. The number of pyridine rings is 1. The summed E-state index contributed by atoms with van der Waals surface area (Å²) in [6.45, 7) is 6.39. The lowest BCUT2D eigenvalue weighted by Crippen LogP contribution is -2.21. The topological polar surface area (TPSA) is 90.0 Å². The summed E-state index contributed by atoms with van der Waals surface area (Å²) in [5.74, 6) is 0.628. The fourth-order valence-corrected chi connectivity index (χ4v) is 3.36. The molecule has 136 valence electrons. The maximum absolute atomic E-state index is 11.6.